The van der Waals surface area contributed by atoms with Crippen molar-refractivity contribution in [2.45, 2.75) is 31.1 Å². The van der Waals surface area contributed by atoms with Crippen LogP contribution in [-0.2, 0) is 23.7 Å². The zero-order chi connectivity index (χ0) is 23.8. The van der Waals surface area contributed by atoms with Crippen molar-refractivity contribution in [3.05, 3.63) is 95.4 Å². The minimum atomic E-state index is -0.873. The number of carbonyl (C=O) groups is 1. The maximum absolute atomic E-state index is 10.6. The van der Waals surface area contributed by atoms with Gasteiger partial charge < -0.3 is 19.6 Å². The Kier molecular flexibility index (Phi) is 7.95. The van der Waals surface area contributed by atoms with Gasteiger partial charge in [-0.25, -0.2) is 0 Å². The number of carboxylic acids is 1. The topological polar surface area (TPSA) is 97.5 Å². The molecule has 0 unspecified atom stereocenters. The van der Waals surface area contributed by atoms with Gasteiger partial charge in [-0.3, -0.25) is 4.79 Å². The lowest BCUT2D eigenvalue weighted by Crippen LogP contribution is -2.21. The molecular formula is C26H25N3O4S. The fourth-order valence-corrected chi connectivity index (χ4v) is 4.21. The van der Waals surface area contributed by atoms with Crippen molar-refractivity contribution in [2.24, 2.45) is 0 Å². The number of ether oxygens (including phenoxy) is 1. The Balaban J connectivity index is 1.31. The molecular weight excluding hydrogens is 450 g/mol. The molecule has 0 amide bonds. The Morgan fingerprint density at radius 3 is 2.65 bits per heavy atom. The van der Waals surface area contributed by atoms with Crippen molar-refractivity contribution in [2.75, 3.05) is 6.54 Å². The third kappa shape index (κ3) is 6.46. The van der Waals surface area contributed by atoms with E-state index in [0.717, 1.165) is 33.6 Å². The normalized spacial score (nSPS) is 10.9. The van der Waals surface area contributed by atoms with Crippen LogP contribution >= 0.6 is 11.8 Å². The van der Waals surface area contributed by atoms with Crippen LogP contribution in [0.15, 0.2) is 82.4 Å². The predicted octanol–water partition coefficient (Wildman–Crippen LogP) is 5.09. The number of aromatic nitrogens is 2. The molecule has 0 saturated heterocycles. The highest BCUT2D eigenvalue weighted by Gasteiger charge is 2.11. The van der Waals surface area contributed by atoms with Gasteiger partial charge in [-0.05, 0) is 40.8 Å². The van der Waals surface area contributed by atoms with E-state index in [1.165, 1.54) is 11.8 Å². The maximum Gasteiger partial charge on any atom is 0.317 e. The van der Waals surface area contributed by atoms with E-state index in [-0.39, 0.29) is 13.2 Å². The molecule has 4 rings (SSSR count). The van der Waals surface area contributed by atoms with Gasteiger partial charge in [-0.1, -0.05) is 78.5 Å². The van der Waals surface area contributed by atoms with Crippen LogP contribution in [0.5, 0.6) is 5.75 Å². The van der Waals surface area contributed by atoms with Gasteiger partial charge in [0.15, 0.2) is 6.61 Å². The SMILES string of the molecule is Cc1c(OCc2nnc(SCc3cccc(CNCC(=O)O)c3)o2)cccc1-c1ccccc1. The van der Waals surface area contributed by atoms with Crippen LogP contribution in [0.3, 0.4) is 0 Å². The first-order chi connectivity index (χ1) is 16.6. The summed E-state index contributed by atoms with van der Waals surface area (Å²) >= 11 is 1.45. The van der Waals surface area contributed by atoms with Gasteiger partial charge >= 0.3 is 5.97 Å². The molecule has 0 spiro atoms. The van der Waals surface area contributed by atoms with Crippen molar-refractivity contribution in [3.8, 4) is 16.9 Å². The fourth-order valence-electron chi connectivity index (χ4n) is 3.48. The van der Waals surface area contributed by atoms with E-state index in [2.05, 4.69) is 33.7 Å². The van der Waals surface area contributed by atoms with Gasteiger partial charge in [-0.2, -0.15) is 0 Å². The van der Waals surface area contributed by atoms with Gasteiger partial charge in [0.25, 0.3) is 11.1 Å². The first-order valence-electron chi connectivity index (χ1n) is 10.8. The number of hydrogen-bond donors (Lipinski definition) is 2. The molecule has 7 nitrogen and oxygen atoms in total. The number of hydrogen-bond acceptors (Lipinski definition) is 7. The quantitative estimate of drug-likeness (QED) is 0.290. The standard InChI is InChI=1S/C26H25N3O4S/c1-18-22(21-9-3-2-4-10-21)11-6-12-23(18)32-16-24-28-29-26(33-24)34-17-20-8-5-7-19(13-20)14-27-15-25(30)31/h2-13,27H,14-17H2,1H3,(H,30,31). The highest BCUT2D eigenvalue weighted by molar-refractivity contribution is 7.98. The number of nitrogens with zero attached hydrogens (tertiary/aromatic N) is 2. The fraction of sp³-hybridized carbons (Fsp3) is 0.192. The van der Waals surface area contributed by atoms with Crippen LogP contribution in [0, 0.1) is 6.92 Å². The van der Waals surface area contributed by atoms with Gasteiger partial charge in [0, 0.05) is 12.3 Å². The van der Waals surface area contributed by atoms with Crippen molar-refractivity contribution in [1.82, 2.24) is 15.5 Å². The zero-order valence-electron chi connectivity index (χ0n) is 18.7. The van der Waals surface area contributed by atoms with E-state index in [4.69, 9.17) is 14.3 Å². The van der Waals surface area contributed by atoms with Crippen LogP contribution in [0.4, 0.5) is 0 Å². The van der Waals surface area contributed by atoms with Gasteiger partial charge in [0.2, 0.25) is 0 Å². The average Bonchev–Trinajstić information content (AvgIpc) is 3.31. The molecule has 3 aromatic carbocycles. The lowest BCUT2D eigenvalue weighted by atomic mass is 10.00. The summed E-state index contributed by atoms with van der Waals surface area (Å²) in [5.41, 5.74) is 5.43. The number of thioether (sulfide) groups is 1. The monoisotopic (exact) mass is 475 g/mol. The van der Waals surface area contributed by atoms with E-state index in [1.54, 1.807) is 0 Å². The second-order valence-electron chi connectivity index (χ2n) is 7.65. The first kappa shape index (κ1) is 23.5. The number of aliphatic carboxylic acids is 1. The summed E-state index contributed by atoms with van der Waals surface area (Å²) < 4.78 is 11.7. The van der Waals surface area contributed by atoms with Crippen LogP contribution in [0.1, 0.15) is 22.6 Å². The molecule has 1 aromatic heterocycles. The van der Waals surface area contributed by atoms with E-state index in [0.29, 0.717) is 23.4 Å². The summed E-state index contributed by atoms with van der Waals surface area (Å²) in [6.07, 6.45) is 0. The number of nitrogens with one attached hydrogen (secondary N) is 1. The second-order valence-corrected chi connectivity index (χ2v) is 8.58. The van der Waals surface area contributed by atoms with E-state index >= 15 is 0 Å². The van der Waals surface area contributed by atoms with Crippen LogP contribution in [0.2, 0.25) is 0 Å². The first-order valence-corrected chi connectivity index (χ1v) is 11.8. The average molecular weight is 476 g/mol. The minimum Gasteiger partial charge on any atom is -0.484 e. The Morgan fingerprint density at radius 1 is 1.03 bits per heavy atom. The molecule has 1 heterocycles. The van der Waals surface area contributed by atoms with Crippen molar-refractivity contribution in [1.29, 1.82) is 0 Å². The smallest absolute Gasteiger partial charge is 0.317 e. The van der Waals surface area contributed by atoms with Crippen molar-refractivity contribution >= 4 is 17.7 Å². The lowest BCUT2D eigenvalue weighted by Gasteiger charge is -2.11. The summed E-state index contributed by atoms with van der Waals surface area (Å²) in [4.78, 5) is 10.6. The molecule has 0 aliphatic rings. The maximum atomic E-state index is 10.6. The predicted molar refractivity (Wildman–Crippen MR) is 131 cm³/mol. The highest BCUT2D eigenvalue weighted by Crippen LogP contribution is 2.30. The third-order valence-electron chi connectivity index (χ3n) is 5.13. The molecule has 0 fully saturated rings. The summed E-state index contributed by atoms with van der Waals surface area (Å²) in [7, 11) is 0. The molecule has 0 aliphatic carbocycles. The molecule has 0 radical (unpaired) electrons. The molecule has 4 aromatic rings. The molecule has 0 atom stereocenters. The largest absolute Gasteiger partial charge is 0.484 e. The van der Waals surface area contributed by atoms with Gasteiger partial charge in [0.1, 0.15) is 5.75 Å². The molecule has 2 N–H and O–H groups in total. The van der Waals surface area contributed by atoms with Crippen molar-refractivity contribution in [3.63, 3.8) is 0 Å². The lowest BCUT2D eigenvalue weighted by molar-refractivity contribution is -0.136. The van der Waals surface area contributed by atoms with Gasteiger partial charge in [0.05, 0.1) is 6.54 Å². The number of rotatable bonds is 11. The summed E-state index contributed by atoms with van der Waals surface area (Å²) in [6, 6.07) is 24.1. The molecule has 0 bridgehead atoms. The van der Waals surface area contributed by atoms with Crippen LogP contribution < -0.4 is 10.1 Å². The number of carboxylic acid groups (broad SMARTS) is 1. The molecule has 174 valence electrons. The van der Waals surface area contributed by atoms with E-state index < -0.39 is 5.97 Å². The molecule has 0 aliphatic heterocycles. The second kappa shape index (κ2) is 11.5. The van der Waals surface area contributed by atoms with E-state index in [9.17, 15) is 4.79 Å². The molecule has 34 heavy (non-hydrogen) atoms. The molecule has 0 saturated carbocycles. The number of benzene rings is 3. The van der Waals surface area contributed by atoms with Gasteiger partial charge in [-0.15, -0.1) is 10.2 Å². The zero-order valence-corrected chi connectivity index (χ0v) is 19.5. The van der Waals surface area contributed by atoms with Crippen LogP contribution in [-0.4, -0.2) is 27.8 Å². The Hall–Kier alpha value is -3.62. The summed E-state index contributed by atoms with van der Waals surface area (Å²) in [6.45, 7) is 2.66. The Bertz CT molecular complexity index is 1240. The molecule has 8 heteroatoms. The van der Waals surface area contributed by atoms with Crippen LogP contribution in [0.25, 0.3) is 11.1 Å². The minimum absolute atomic E-state index is 0.0676. The highest BCUT2D eigenvalue weighted by atomic mass is 32.2. The third-order valence-corrected chi connectivity index (χ3v) is 6.02. The Labute approximate surface area is 202 Å². The summed E-state index contributed by atoms with van der Waals surface area (Å²) in [5, 5.41) is 20.3. The van der Waals surface area contributed by atoms with Crippen molar-refractivity contribution < 1.29 is 19.1 Å². The summed E-state index contributed by atoms with van der Waals surface area (Å²) in [5.74, 6) is 0.982. The van der Waals surface area contributed by atoms with E-state index in [1.807, 2.05) is 61.5 Å². The Morgan fingerprint density at radius 2 is 1.82 bits per heavy atom.